The van der Waals surface area contributed by atoms with Gasteiger partial charge in [-0.05, 0) is 19.4 Å². The van der Waals surface area contributed by atoms with Gasteiger partial charge in [0.25, 0.3) is 0 Å². The molecule has 2 atom stereocenters. The van der Waals surface area contributed by atoms with Crippen LogP contribution in [-0.2, 0) is 9.53 Å². The van der Waals surface area contributed by atoms with Crippen molar-refractivity contribution in [2.75, 3.05) is 6.61 Å². The Labute approximate surface area is 96.0 Å². The van der Waals surface area contributed by atoms with Gasteiger partial charge in [-0.1, -0.05) is 30.3 Å². The standard InChI is InChI=1S/C13H17NO2/c1-3-16-13-9-12(15)14(13)10(2)11-7-5-4-6-8-11/h4-8,10,13H,3,9H2,1-2H3/t10-,13+/m0/s1. The highest BCUT2D eigenvalue weighted by molar-refractivity contribution is 5.83. The zero-order valence-electron chi connectivity index (χ0n) is 9.72. The van der Waals surface area contributed by atoms with Crippen molar-refractivity contribution < 1.29 is 9.53 Å². The highest BCUT2D eigenvalue weighted by Crippen LogP contribution is 2.31. The first-order valence-electron chi connectivity index (χ1n) is 5.71. The summed E-state index contributed by atoms with van der Waals surface area (Å²) in [4.78, 5) is 13.4. The zero-order chi connectivity index (χ0) is 11.5. The molecule has 3 heteroatoms. The summed E-state index contributed by atoms with van der Waals surface area (Å²) < 4.78 is 5.51. The van der Waals surface area contributed by atoms with Crippen molar-refractivity contribution in [1.29, 1.82) is 0 Å². The van der Waals surface area contributed by atoms with E-state index < -0.39 is 0 Å². The molecule has 1 amide bonds. The molecule has 0 aliphatic carbocycles. The average molecular weight is 219 g/mol. The van der Waals surface area contributed by atoms with Crippen LogP contribution in [0.2, 0.25) is 0 Å². The lowest BCUT2D eigenvalue weighted by molar-refractivity contribution is -0.180. The van der Waals surface area contributed by atoms with Crippen molar-refractivity contribution in [3.63, 3.8) is 0 Å². The fraction of sp³-hybridized carbons (Fsp3) is 0.462. The fourth-order valence-electron chi connectivity index (χ4n) is 2.09. The van der Waals surface area contributed by atoms with Crippen LogP contribution in [0.25, 0.3) is 0 Å². The van der Waals surface area contributed by atoms with Crippen LogP contribution in [0.1, 0.15) is 31.9 Å². The van der Waals surface area contributed by atoms with Gasteiger partial charge in [-0.3, -0.25) is 4.79 Å². The zero-order valence-corrected chi connectivity index (χ0v) is 9.72. The van der Waals surface area contributed by atoms with Gasteiger partial charge in [-0.25, -0.2) is 0 Å². The summed E-state index contributed by atoms with van der Waals surface area (Å²) in [6.45, 7) is 4.64. The Kier molecular flexibility index (Phi) is 3.25. The molecule has 1 aromatic carbocycles. The van der Waals surface area contributed by atoms with E-state index >= 15 is 0 Å². The van der Waals surface area contributed by atoms with E-state index in [1.807, 2.05) is 49.1 Å². The van der Waals surface area contributed by atoms with E-state index in [0.717, 1.165) is 5.56 Å². The Hall–Kier alpha value is -1.35. The minimum atomic E-state index is -0.0345. The van der Waals surface area contributed by atoms with Crippen LogP contribution >= 0.6 is 0 Å². The third-order valence-corrected chi connectivity index (χ3v) is 3.01. The van der Waals surface area contributed by atoms with E-state index in [4.69, 9.17) is 4.74 Å². The van der Waals surface area contributed by atoms with Gasteiger partial charge in [0.2, 0.25) is 5.91 Å². The Morgan fingerprint density at radius 1 is 1.44 bits per heavy atom. The second kappa shape index (κ2) is 4.66. The summed E-state index contributed by atoms with van der Waals surface area (Å²) in [5.41, 5.74) is 1.15. The Bertz CT molecular complexity index is 363. The summed E-state index contributed by atoms with van der Waals surface area (Å²) in [5.74, 6) is 0.176. The molecule has 1 heterocycles. The van der Waals surface area contributed by atoms with Crippen LogP contribution in [0.4, 0.5) is 0 Å². The summed E-state index contributed by atoms with van der Waals surface area (Å²) in [7, 11) is 0. The van der Waals surface area contributed by atoms with E-state index in [2.05, 4.69) is 0 Å². The number of nitrogens with zero attached hydrogens (tertiary/aromatic N) is 1. The molecule has 1 aliphatic rings. The molecule has 1 aromatic rings. The van der Waals surface area contributed by atoms with Crippen molar-refractivity contribution in [2.24, 2.45) is 0 Å². The minimum Gasteiger partial charge on any atom is -0.358 e. The quantitative estimate of drug-likeness (QED) is 0.727. The number of ether oxygens (including phenoxy) is 1. The normalized spacial score (nSPS) is 21.8. The van der Waals surface area contributed by atoms with E-state index in [0.29, 0.717) is 13.0 Å². The van der Waals surface area contributed by atoms with Crippen molar-refractivity contribution in [1.82, 2.24) is 4.90 Å². The van der Waals surface area contributed by atoms with Gasteiger partial charge in [-0.2, -0.15) is 0 Å². The van der Waals surface area contributed by atoms with Gasteiger partial charge in [0.1, 0.15) is 6.23 Å². The Morgan fingerprint density at radius 2 is 2.12 bits per heavy atom. The number of benzene rings is 1. The van der Waals surface area contributed by atoms with E-state index in [9.17, 15) is 4.79 Å². The number of hydrogen-bond donors (Lipinski definition) is 0. The van der Waals surface area contributed by atoms with Crippen LogP contribution < -0.4 is 0 Å². The molecule has 16 heavy (non-hydrogen) atoms. The fourth-order valence-corrected chi connectivity index (χ4v) is 2.09. The second-order valence-electron chi connectivity index (χ2n) is 4.00. The van der Waals surface area contributed by atoms with Crippen molar-refractivity contribution in [3.8, 4) is 0 Å². The third kappa shape index (κ3) is 1.95. The number of likely N-dealkylation sites (tertiary alicyclic amines) is 1. The van der Waals surface area contributed by atoms with Crippen LogP contribution in [0.5, 0.6) is 0 Å². The summed E-state index contributed by atoms with van der Waals surface area (Å²) in [5, 5.41) is 0. The van der Waals surface area contributed by atoms with Gasteiger partial charge in [0, 0.05) is 6.61 Å². The van der Waals surface area contributed by atoms with Crippen molar-refractivity contribution >= 4 is 5.91 Å². The molecular weight excluding hydrogens is 202 g/mol. The Morgan fingerprint density at radius 3 is 2.69 bits per heavy atom. The Balaban J connectivity index is 2.09. The SMILES string of the molecule is CCO[C@@H]1CC(=O)N1[C@@H](C)c1ccccc1. The molecule has 0 N–H and O–H groups in total. The van der Waals surface area contributed by atoms with Gasteiger partial charge >= 0.3 is 0 Å². The van der Waals surface area contributed by atoms with Gasteiger partial charge in [0.15, 0.2) is 0 Å². The number of carbonyl (C=O) groups is 1. The summed E-state index contributed by atoms with van der Waals surface area (Å²) in [6.07, 6.45) is 0.484. The van der Waals surface area contributed by atoms with Crippen LogP contribution in [0.15, 0.2) is 30.3 Å². The van der Waals surface area contributed by atoms with E-state index in [1.165, 1.54) is 0 Å². The second-order valence-corrected chi connectivity index (χ2v) is 4.00. The van der Waals surface area contributed by atoms with Crippen molar-refractivity contribution in [2.45, 2.75) is 32.5 Å². The number of rotatable bonds is 4. The number of amides is 1. The first-order valence-corrected chi connectivity index (χ1v) is 5.71. The lowest BCUT2D eigenvalue weighted by atomic mass is 10.0. The monoisotopic (exact) mass is 219 g/mol. The molecule has 0 saturated carbocycles. The largest absolute Gasteiger partial charge is 0.358 e. The predicted octanol–water partition coefficient (Wildman–Crippen LogP) is 2.34. The van der Waals surface area contributed by atoms with E-state index in [-0.39, 0.29) is 18.2 Å². The maximum Gasteiger partial charge on any atom is 0.229 e. The molecule has 1 fully saturated rings. The van der Waals surface area contributed by atoms with Crippen LogP contribution in [0.3, 0.4) is 0 Å². The van der Waals surface area contributed by atoms with Gasteiger partial charge in [-0.15, -0.1) is 0 Å². The molecule has 1 aliphatic heterocycles. The smallest absolute Gasteiger partial charge is 0.229 e. The van der Waals surface area contributed by atoms with Crippen LogP contribution in [0, 0.1) is 0 Å². The molecule has 0 bridgehead atoms. The molecule has 86 valence electrons. The van der Waals surface area contributed by atoms with Crippen LogP contribution in [-0.4, -0.2) is 23.6 Å². The van der Waals surface area contributed by atoms with Gasteiger partial charge < -0.3 is 9.64 Å². The number of hydrogen-bond acceptors (Lipinski definition) is 2. The highest BCUT2D eigenvalue weighted by atomic mass is 16.5. The lowest BCUT2D eigenvalue weighted by Crippen LogP contribution is -2.54. The van der Waals surface area contributed by atoms with Gasteiger partial charge in [0.05, 0.1) is 12.5 Å². The number of β-lactam (4-membered cyclic amide) rings is 1. The topological polar surface area (TPSA) is 29.5 Å². The molecule has 0 radical (unpaired) electrons. The molecule has 2 rings (SSSR count). The summed E-state index contributed by atoms with van der Waals surface area (Å²) >= 11 is 0. The average Bonchev–Trinajstić information content (AvgIpc) is 2.29. The maximum atomic E-state index is 11.6. The maximum absolute atomic E-state index is 11.6. The van der Waals surface area contributed by atoms with Crippen molar-refractivity contribution in [3.05, 3.63) is 35.9 Å². The first-order chi connectivity index (χ1) is 7.74. The molecule has 1 saturated heterocycles. The third-order valence-electron chi connectivity index (χ3n) is 3.01. The lowest BCUT2D eigenvalue weighted by Gasteiger charge is -2.43. The minimum absolute atomic E-state index is 0.0345. The summed E-state index contributed by atoms with van der Waals surface area (Å²) in [6, 6.07) is 10.1. The highest BCUT2D eigenvalue weighted by Gasteiger charge is 2.40. The molecule has 0 aromatic heterocycles. The van der Waals surface area contributed by atoms with E-state index in [1.54, 1.807) is 0 Å². The molecule has 0 spiro atoms. The molecule has 0 unspecified atom stereocenters. The predicted molar refractivity (Wildman–Crippen MR) is 61.7 cm³/mol. The molecular formula is C13H17NO2. The number of carbonyl (C=O) groups excluding carboxylic acids is 1. The first kappa shape index (κ1) is 11.1. The molecule has 3 nitrogen and oxygen atoms in total.